The Morgan fingerprint density at radius 2 is 1.97 bits per heavy atom. The van der Waals surface area contributed by atoms with Crippen LogP contribution in [0, 0.1) is 18.3 Å². The molecule has 0 saturated carbocycles. The second kappa shape index (κ2) is 8.42. The summed E-state index contributed by atoms with van der Waals surface area (Å²) in [7, 11) is 0.0408. The van der Waals surface area contributed by atoms with Crippen LogP contribution in [0.2, 0.25) is 0 Å². The average molecular weight is 428 g/mol. The molecule has 0 radical (unpaired) electrons. The lowest BCUT2D eigenvalue weighted by Crippen LogP contribution is -2.55. The molecule has 30 heavy (non-hydrogen) atoms. The van der Waals surface area contributed by atoms with Crippen LogP contribution in [0.5, 0.6) is 0 Å². The predicted molar refractivity (Wildman–Crippen MR) is 114 cm³/mol. The van der Waals surface area contributed by atoms with E-state index in [2.05, 4.69) is 4.98 Å². The molecule has 1 saturated heterocycles. The van der Waals surface area contributed by atoms with Crippen molar-refractivity contribution in [3.05, 3.63) is 53.2 Å². The van der Waals surface area contributed by atoms with Gasteiger partial charge in [0.25, 0.3) is 5.91 Å². The summed E-state index contributed by atoms with van der Waals surface area (Å²) < 4.78 is 27.7. The van der Waals surface area contributed by atoms with Crippen molar-refractivity contribution in [2.24, 2.45) is 0 Å². The number of amides is 1. The monoisotopic (exact) mass is 427 g/mol. The zero-order valence-corrected chi connectivity index (χ0v) is 18.3. The number of aromatic nitrogens is 1. The van der Waals surface area contributed by atoms with Gasteiger partial charge in [-0.1, -0.05) is 0 Å². The van der Waals surface area contributed by atoms with Gasteiger partial charge >= 0.3 is 0 Å². The molecular formula is C21H25N5O3S. The molecule has 3 rings (SSSR count). The molecule has 0 N–H and O–H groups in total. The zero-order chi connectivity index (χ0) is 22.1. The number of anilines is 1. The molecule has 1 aliphatic rings. The Morgan fingerprint density at radius 3 is 2.50 bits per heavy atom. The number of nitrogens with zero attached hydrogens (tertiary/aromatic N) is 5. The van der Waals surface area contributed by atoms with E-state index in [1.807, 2.05) is 32.0 Å². The van der Waals surface area contributed by atoms with Crippen LogP contribution in [-0.4, -0.2) is 68.3 Å². The lowest BCUT2D eigenvalue weighted by Gasteiger charge is -2.39. The van der Waals surface area contributed by atoms with Gasteiger partial charge in [0.05, 0.1) is 22.1 Å². The standard InChI is InChI=1S/C21H25N5O3S/c1-15-11-17(12-22)5-7-19(15)30(28,29)25-9-10-26(16(2)14-25)21(27)18-6-8-20(23-13-18)24(3)4/h5-8,11,13,16H,9-10,14H2,1-4H3/t16-/m0/s1. The Labute approximate surface area is 177 Å². The zero-order valence-electron chi connectivity index (χ0n) is 17.5. The smallest absolute Gasteiger partial charge is 0.255 e. The molecule has 158 valence electrons. The third kappa shape index (κ3) is 4.15. The molecule has 1 amide bonds. The van der Waals surface area contributed by atoms with Gasteiger partial charge in [0.1, 0.15) is 5.82 Å². The van der Waals surface area contributed by atoms with E-state index in [1.54, 1.807) is 36.2 Å². The van der Waals surface area contributed by atoms with Gasteiger partial charge in [-0.15, -0.1) is 0 Å². The number of benzene rings is 1. The number of pyridine rings is 1. The first-order chi connectivity index (χ1) is 14.1. The number of hydrogen-bond acceptors (Lipinski definition) is 6. The number of hydrogen-bond donors (Lipinski definition) is 0. The normalized spacial score (nSPS) is 17.4. The number of carbonyl (C=O) groups is 1. The molecule has 1 fully saturated rings. The Hall–Kier alpha value is -2.96. The first kappa shape index (κ1) is 21.7. The van der Waals surface area contributed by atoms with Gasteiger partial charge in [-0.3, -0.25) is 4.79 Å². The van der Waals surface area contributed by atoms with Gasteiger partial charge in [0.15, 0.2) is 0 Å². The van der Waals surface area contributed by atoms with E-state index in [4.69, 9.17) is 5.26 Å². The summed E-state index contributed by atoms with van der Waals surface area (Å²) in [5, 5.41) is 9.00. The highest BCUT2D eigenvalue weighted by Gasteiger charge is 2.35. The molecule has 8 nitrogen and oxygen atoms in total. The minimum atomic E-state index is -3.71. The summed E-state index contributed by atoms with van der Waals surface area (Å²) in [6, 6.07) is 9.81. The number of rotatable bonds is 4. The van der Waals surface area contributed by atoms with Crippen LogP contribution in [0.3, 0.4) is 0 Å². The minimum Gasteiger partial charge on any atom is -0.363 e. The lowest BCUT2D eigenvalue weighted by molar-refractivity contribution is 0.0591. The average Bonchev–Trinajstić information content (AvgIpc) is 2.72. The minimum absolute atomic E-state index is 0.160. The van der Waals surface area contributed by atoms with E-state index in [0.29, 0.717) is 23.2 Å². The number of aryl methyl sites for hydroxylation is 1. The molecule has 0 bridgehead atoms. The molecule has 9 heteroatoms. The van der Waals surface area contributed by atoms with Crippen molar-refractivity contribution in [3.63, 3.8) is 0 Å². The molecule has 0 spiro atoms. The maximum Gasteiger partial charge on any atom is 0.255 e. The van der Waals surface area contributed by atoms with Crippen LogP contribution in [0.25, 0.3) is 0 Å². The van der Waals surface area contributed by atoms with E-state index >= 15 is 0 Å². The van der Waals surface area contributed by atoms with Crippen molar-refractivity contribution in [2.45, 2.75) is 24.8 Å². The van der Waals surface area contributed by atoms with Crippen molar-refractivity contribution in [3.8, 4) is 6.07 Å². The van der Waals surface area contributed by atoms with Gasteiger partial charge in [-0.25, -0.2) is 13.4 Å². The fourth-order valence-corrected chi connectivity index (χ4v) is 5.25. The summed E-state index contributed by atoms with van der Waals surface area (Å²) in [5.41, 5.74) is 1.43. The molecule has 1 atom stereocenters. The first-order valence-corrected chi connectivity index (χ1v) is 11.0. The maximum atomic E-state index is 13.1. The molecule has 2 aromatic rings. The van der Waals surface area contributed by atoms with Crippen molar-refractivity contribution < 1.29 is 13.2 Å². The van der Waals surface area contributed by atoms with Crippen LogP contribution >= 0.6 is 0 Å². The Morgan fingerprint density at radius 1 is 1.23 bits per heavy atom. The van der Waals surface area contributed by atoms with Crippen molar-refractivity contribution in [1.82, 2.24) is 14.2 Å². The molecule has 1 aromatic carbocycles. The van der Waals surface area contributed by atoms with E-state index in [0.717, 1.165) is 5.82 Å². The Bertz CT molecular complexity index is 1090. The number of carbonyl (C=O) groups excluding carboxylic acids is 1. The van der Waals surface area contributed by atoms with Gasteiger partial charge in [-0.05, 0) is 49.7 Å². The summed E-state index contributed by atoms with van der Waals surface area (Å²) in [5.74, 6) is 0.597. The highest BCUT2D eigenvalue weighted by Crippen LogP contribution is 2.24. The third-order valence-electron chi connectivity index (χ3n) is 5.23. The lowest BCUT2D eigenvalue weighted by atomic mass is 10.1. The molecule has 1 aliphatic heterocycles. The van der Waals surface area contributed by atoms with Crippen LogP contribution in [0.4, 0.5) is 5.82 Å². The predicted octanol–water partition coefficient (Wildman–Crippen LogP) is 1.86. The summed E-state index contributed by atoms with van der Waals surface area (Å²) in [4.78, 5) is 20.9. The van der Waals surface area contributed by atoms with Crippen LogP contribution in [-0.2, 0) is 10.0 Å². The van der Waals surface area contributed by atoms with Crippen molar-refractivity contribution in [1.29, 1.82) is 5.26 Å². The molecular weight excluding hydrogens is 402 g/mol. The Balaban J connectivity index is 1.76. The van der Waals surface area contributed by atoms with E-state index < -0.39 is 10.0 Å². The summed E-state index contributed by atoms with van der Waals surface area (Å²) in [6.07, 6.45) is 1.55. The first-order valence-electron chi connectivity index (χ1n) is 9.60. The van der Waals surface area contributed by atoms with Crippen LogP contribution in [0.15, 0.2) is 41.4 Å². The second-order valence-electron chi connectivity index (χ2n) is 7.60. The highest BCUT2D eigenvalue weighted by atomic mass is 32.2. The fraction of sp³-hybridized carbons (Fsp3) is 0.381. The maximum absolute atomic E-state index is 13.1. The quantitative estimate of drug-likeness (QED) is 0.739. The van der Waals surface area contributed by atoms with Gasteiger partial charge < -0.3 is 9.80 Å². The number of sulfonamides is 1. The van der Waals surface area contributed by atoms with Crippen molar-refractivity contribution >= 4 is 21.7 Å². The number of piperazine rings is 1. The van der Waals surface area contributed by atoms with E-state index in [1.165, 1.54) is 16.4 Å². The number of nitriles is 1. The van der Waals surface area contributed by atoms with Gasteiger partial charge in [0, 0.05) is 46.0 Å². The van der Waals surface area contributed by atoms with Crippen LogP contribution < -0.4 is 4.90 Å². The second-order valence-corrected chi connectivity index (χ2v) is 9.51. The highest BCUT2D eigenvalue weighted by molar-refractivity contribution is 7.89. The molecule has 1 aromatic heterocycles. The topological polar surface area (TPSA) is 97.6 Å². The molecule has 2 heterocycles. The summed E-state index contributed by atoms with van der Waals surface area (Å²) >= 11 is 0. The summed E-state index contributed by atoms with van der Waals surface area (Å²) in [6.45, 7) is 4.23. The van der Waals surface area contributed by atoms with E-state index in [9.17, 15) is 13.2 Å². The Kier molecular flexibility index (Phi) is 6.10. The molecule has 0 unspecified atom stereocenters. The van der Waals surface area contributed by atoms with Crippen molar-refractivity contribution in [2.75, 3.05) is 38.6 Å². The third-order valence-corrected chi connectivity index (χ3v) is 7.25. The fourth-order valence-electron chi connectivity index (χ4n) is 3.53. The largest absolute Gasteiger partial charge is 0.363 e. The van der Waals surface area contributed by atoms with Gasteiger partial charge in [-0.2, -0.15) is 9.57 Å². The van der Waals surface area contributed by atoms with Gasteiger partial charge in [0.2, 0.25) is 10.0 Å². The van der Waals surface area contributed by atoms with Crippen LogP contribution in [0.1, 0.15) is 28.4 Å². The molecule has 0 aliphatic carbocycles. The SMILES string of the molecule is Cc1cc(C#N)ccc1S(=O)(=O)N1CCN(C(=O)c2ccc(N(C)C)nc2)[C@@H](C)C1. The van der Waals surface area contributed by atoms with E-state index in [-0.39, 0.29) is 29.9 Å².